The molecule has 2 atom stereocenters. The fourth-order valence-corrected chi connectivity index (χ4v) is 4.48. The predicted octanol–water partition coefficient (Wildman–Crippen LogP) is 2.57. The summed E-state index contributed by atoms with van der Waals surface area (Å²) in [6.45, 7) is 1.51. The zero-order valence-electron chi connectivity index (χ0n) is 16.9. The first kappa shape index (κ1) is 19.4. The molecular weight excluding hydrogens is 389 g/mol. The van der Waals surface area contributed by atoms with Crippen LogP contribution in [0, 0.1) is 5.92 Å². The summed E-state index contributed by atoms with van der Waals surface area (Å²) in [4.78, 5) is 26.4. The third-order valence-corrected chi connectivity index (χ3v) is 6.45. The van der Waals surface area contributed by atoms with Gasteiger partial charge in [0.1, 0.15) is 11.7 Å². The first-order valence-electron chi connectivity index (χ1n) is 10.6. The fourth-order valence-electron chi connectivity index (χ4n) is 4.48. The van der Waals surface area contributed by atoms with Crippen molar-refractivity contribution < 1.29 is 19.0 Å². The van der Waals surface area contributed by atoms with Crippen LogP contribution in [0.15, 0.2) is 23.1 Å². The van der Waals surface area contributed by atoms with Gasteiger partial charge in [-0.15, -0.1) is 0 Å². The molecule has 8 heteroatoms. The number of nitrogens with one attached hydrogen (secondary N) is 1. The van der Waals surface area contributed by atoms with Crippen molar-refractivity contribution in [2.24, 2.45) is 5.92 Å². The molecule has 30 heavy (non-hydrogen) atoms. The van der Waals surface area contributed by atoms with E-state index < -0.39 is 17.6 Å². The molecule has 5 rings (SSSR count). The van der Waals surface area contributed by atoms with Crippen molar-refractivity contribution in [2.45, 2.75) is 43.9 Å². The lowest BCUT2D eigenvalue weighted by atomic mass is 10.1. The number of hydrogen-bond acceptors (Lipinski definition) is 5. The number of fused-ring (bicyclic) bond motifs is 1. The van der Waals surface area contributed by atoms with E-state index in [0.717, 1.165) is 18.5 Å². The van der Waals surface area contributed by atoms with Crippen molar-refractivity contribution >= 4 is 22.6 Å². The largest absolute Gasteiger partial charge is 0.492 e. The molecule has 2 N–H and O–H groups in total. The van der Waals surface area contributed by atoms with E-state index in [1.807, 2.05) is 9.47 Å². The zero-order valence-corrected chi connectivity index (χ0v) is 16.9. The van der Waals surface area contributed by atoms with Crippen LogP contribution in [-0.2, 0) is 0 Å². The van der Waals surface area contributed by atoms with Crippen LogP contribution in [0.2, 0.25) is 0 Å². The Kier molecular flexibility index (Phi) is 4.69. The number of benzene rings is 1. The second-order valence-electron chi connectivity index (χ2n) is 8.69. The van der Waals surface area contributed by atoms with E-state index in [9.17, 15) is 19.1 Å². The molecule has 1 aromatic heterocycles. The monoisotopic (exact) mass is 415 g/mol. The zero-order chi connectivity index (χ0) is 21.0. The SMILES string of the molecule is COc1c(N2C[C@H](CNC3CC3)[C@H](F)C2)ccc2c(=O)c(C(=O)O)cn(C3CC3)c12. The number of hydrogen-bond donors (Lipinski definition) is 2. The second kappa shape index (κ2) is 7.27. The van der Waals surface area contributed by atoms with E-state index in [2.05, 4.69) is 5.32 Å². The second-order valence-corrected chi connectivity index (χ2v) is 8.69. The maximum Gasteiger partial charge on any atom is 0.341 e. The van der Waals surface area contributed by atoms with Crippen LogP contribution in [0.3, 0.4) is 0 Å². The number of nitrogens with zero attached hydrogens (tertiary/aromatic N) is 2. The van der Waals surface area contributed by atoms with E-state index in [0.29, 0.717) is 35.8 Å². The Bertz CT molecular complexity index is 1060. The minimum atomic E-state index is -1.23. The molecular formula is C22H26FN3O4. The number of rotatable bonds is 7. The van der Waals surface area contributed by atoms with Crippen LogP contribution in [0.4, 0.5) is 10.1 Å². The number of aromatic carboxylic acids is 1. The van der Waals surface area contributed by atoms with E-state index in [-0.39, 0.29) is 24.1 Å². The molecule has 7 nitrogen and oxygen atoms in total. The van der Waals surface area contributed by atoms with Gasteiger partial charge in [0, 0.05) is 43.8 Å². The fraction of sp³-hybridized carbons (Fsp3) is 0.545. The van der Waals surface area contributed by atoms with Crippen LogP contribution in [0.5, 0.6) is 5.75 Å². The molecule has 1 saturated heterocycles. The molecule has 3 aliphatic rings. The van der Waals surface area contributed by atoms with Gasteiger partial charge in [-0.25, -0.2) is 9.18 Å². The van der Waals surface area contributed by atoms with Gasteiger partial charge in [-0.2, -0.15) is 0 Å². The van der Waals surface area contributed by atoms with Gasteiger partial charge in [-0.1, -0.05) is 0 Å². The Morgan fingerprint density at radius 1 is 1.27 bits per heavy atom. The van der Waals surface area contributed by atoms with Crippen LogP contribution < -0.4 is 20.4 Å². The van der Waals surface area contributed by atoms with Crippen LogP contribution in [-0.4, -0.2) is 54.6 Å². The molecule has 160 valence electrons. The Morgan fingerprint density at radius 3 is 2.67 bits per heavy atom. The minimum absolute atomic E-state index is 0.0917. The summed E-state index contributed by atoms with van der Waals surface area (Å²) in [5.41, 5.74) is 0.594. The Balaban J connectivity index is 1.56. The lowest BCUT2D eigenvalue weighted by molar-refractivity contribution is 0.0695. The van der Waals surface area contributed by atoms with Gasteiger partial charge in [-0.3, -0.25) is 4.79 Å². The van der Waals surface area contributed by atoms with Crippen LogP contribution in [0.1, 0.15) is 42.1 Å². The molecule has 3 fully saturated rings. The van der Waals surface area contributed by atoms with Crippen molar-refractivity contribution in [1.29, 1.82) is 0 Å². The standard InChI is InChI=1S/C22H26FN3O4/c1-30-21-18(25-9-12(17(23)11-25)8-24-13-2-3-13)7-6-15-19(21)26(14-4-5-14)10-16(20(15)27)22(28)29/h6-7,10,12-14,17,24H,2-5,8-9,11H2,1H3,(H,28,29)/t12-,17+/m0/s1. The first-order valence-corrected chi connectivity index (χ1v) is 10.6. The Hall–Kier alpha value is -2.61. The summed E-state index contributed by atoms with van der Waals surface area (Å²) >= 11 is 0. The number of carboxylic acids is 1. The van der Waals surface area contributed by atoms with Crippen LogP contribution in [0.25, 0.3) is 10.9 Å². The molecule has 2 heterocycles. The summed E-state index contributed by atoms with van der Waals surface area (Å²) in [6.07, 6.45) is 4.69. The molecule has 2 aliphatic carbocycles. The number of methoxy groups -OCH3 is 1. The first-order chi connectivity index (χ1) is 14.5. The average Bonchev–Trinajstić information content (AvgIpc) is 3.64. The van der Waals surface area contributed by atoms with E-state index in [1.54, 1.807) is 19.2 Å². The molecule has 0 unspecified atom stereocenters. The molecule has 0 amide bonds. The Labute approximate surface area is 173 Å². The maximum absolute atomic E-state index is 14.7. The molecule has 2 saturated carbocycles. The van der Waals surface area contributed by atoms with Gasteiger partial charge in [0.25, 0.3) is 0 Å². The number of halogens is 1. The van der Waals surface area contributed by atoms with E-state index >= 15 is 0 Å². The van der Waals surface area contributed by atoms with Gasteiger partial charge in [0.2, 0.25) is 5.43 Å². The average molecular weight is 415 g/mol. The maximum atomic E-state index is 14.7. The highest BCUT2D eigenvalue weighted by Gasteiger charge is 2.36. The lowest BCUT2D eigenvalue weighted by Crippen LogP contribution is -2.30. The number of aromatic nitrogens is 1. The number of carboxylic acid groups (broad SMARTS) is 1. The van der Waals surface area contributed by atoms with E-state index in [1.165, 1.54) is 19.0 Å². The van der Waals surface area contributed by atoms with Gasteiger partial charge in [0.15, 0.2) is 5.75 Å². The van der Waals surface area contributed by atoms with Gasteiger partial charge < -0.3 is 24.6 Å². The Morgan fingerprint density at radius 2 is 2.03 bits per heavy atom. The molecule has 0 radical (unpaired) electrons. The predicted molar refractivity (Wildman–Crippen MR) is 112 cm³/mol. The third-order valence-electron chi connectivity index (χ3n) is 6.45. The summed E-state index contributed by atoms with van der Waals surface area (Å²) < 4.78 is 22.3. The van der Waals surface area contributed by atoms with Crippen molar-refractivity contribution in [3.8, 4) is 5.75 Å². The summed E-state index contributed by atoms with van der Waals surface area (Å²) in [6, 6.07) is 4.11. The lowest BCUT2D eigenvalue weighted by Gasteiger charge is -2.24. The molecule has 1 aromatic carbocycles. The normalized spacial score (nSPS) is 23.9. The van der Waals surface area contributed by atoms with Crippen molar-refractivity contribution in [2.75, 3.05) is 31.6 Å². The van der Waals surface area contributed by atoms with Crippen molar-refractivity contribution in [3.63, 3.8) is 0 Å². The van der Waals surface area contributed by atoms with Crippen molar-refractivity contribution in [1.82, 2.24) is 9.88 Å². The van der Waals surface area contributed by atoms with Crippen molar-refractivity contribution in [3.05, 3.63) is 34.1 Å². The highest BCUT2D eigenvalue weighted by atomic mass is 19.1. The van der Waals surface area contributed by atoms with Gasteiger partial charge >= 0.3 is 5.97 Å². The number of anilines is 1. The van der Waals surface area contributed by atoms with Gasteiger partial charge in [0.05, 0.1) is 23.7 Å². The highest BCUT2D eigenvalue weighted by Crippen LogP contribution is 2.43. The number of carbonyl (C=O) groups is 1. The molecule has 0 spiro atoms. The third kappa shape index (κ3) is 3.33. The molecule has 0 bridgehead atoms. The van der Waals surface area contributed by atoms with Gasteiger partial charge in [-0.05, 0) is 37.8 Å². The number of pyridine rings is 1. The highest BCUT2D eigenvalue weighted by molar-refractivity contribution is 5.97. The minimum Gasteiger partial charge on any atom is -0.492 e. The molecule has 1 aliphatic heterocycles. The number of alkyl halides is 1. The summed E-state index contributed by atoms with van der Waals surface area (Å²) in [5, 5.41) is 13.2. The quantitative estimate of drug-likeness (QED) is 0.723. The van der Waals surface area contributed by atoms with E-state index in [4.69, 9.17) is 4.74 Å². The topological polar surface area (TPSA) is 83.8 Å². The number of ether oxygens (including phenoxy) is 1. The summed E-state index contributed by atoms with van der Waals surface area (Å²) in [5.74, 6) is -0.812. The summed E-state index contributed by atoms with van der Waals surface area (Å²) in [7, 11) is 1.54. The van der Waals surface area contributed by atoms with Crippen LogP contribution >= 0.6 is 0 Å². The molecule has 2 aromatic rings. The smallest absolute Gasteiger partial charge is 0.341 e.